The Balaban J connectivity index is 2.53. The minimum atomic E-state index is -0.934. The molecular formula is C12H15NO5S. The molecular weight excluding hydrogens is 270 g/mol. The van der Waals surface area contributed by atoms with Crippen LogP contribution >= 0.6 is 11.3 Å². The lowest BCUT2D eigenvalue weighted by Crippen LogP contribution is -2.14. The molecule has 0 aromatic carbocycles. The standard InChI is InChI=1S/C12H15NO5S/c1-2-18-12(17)8-6-7-19-11(8)13-9(14)4-3-5-10(15)16/h6-7H,2-5H2,1H3,(H,13,14)(H,15,16). The molecule has 6 nitrogen and oxygen atoms in total. The van der Waals surface area contributed by atoms with Gasteiger partial charge in [-0.05, 0) is 24.8 Å². The minimum absolute atomic E-state index is 0.0530. The van der Waals surface area contributed by atoms with Crippen molar-refractivity contribution in [3.8, 4) is 0 Å². The predicted octanol–water partition coefficient (Wildman–Crippen LogP) is 2.12. The summed E-state index contributed by atoms with van der Waals surface area (Å²) < 4.78 is 4.86. The minimum Gasteiger partial charge on any atom is -0.481 e. The van der Waals surface area contributed by atoms with Crippen molar-refractivity contribution in [2.75, 3.05) is 11.9 Å². The molecule has 2 N–H and O–H groups in total. The van der Waals surface area contributed by atoms with Gasteiger partial charge in [-0.3, -0.25) is 9.59 Å². The number of rotatable bonds is 7. The zero-order valence-electron chi connectivity index (χ0n) is 10.5. The first kappa shape index (κ1) is 15.2. The summed E-state index contributed by atoms with van der Waals surface area (Å²) in [6, 6.07) is 1.58. The van der Waals surface area contributed by atoms with E-state index in [1.54, 1.807) is 18.4 Å². The average Bonchev–Trinajstić information content (AvgIpc) is 2.76. The third-order valence-electron chi connectivity index (χ3n) is 2.21. The third kappa shape index (κ3) is 5.09. The summed E-state index contributed by atoms with van der Waals surface area (Å²) in [5.74, 6) is -1.73. The number of ether oxygens (including phenoxy) is 1. The van der Waals surface area contributed by atoms with E-state index in [9.17, 15) is 14.4 Å². The van der Waals surface area contributed by atoms with Gasteiger partial charge in [-0.25, -0.2) is 4.79 Å². The van der Waals surface area contributed by atoms with E-state index >= 15 is 0 Å². The number of hydrogen-bond acceptors (Lipinski definition) is 5. The predicted molar refractivity (Wildman–Crippen MR) is 70.4 cm³/mol. The highest BCUT2D eigenvalue weighted by Gasteiger charge is 2.15. The topological polar surface area (TPSA) is 92.7 Å². The highest BCUT2D eigenvalue weighted by molar-refractivity contribution is 7.14. The number of carbonyl (C=O) groups is 3. The summed E-state index contributed by atoms with van der Waals surface area (Å²) in [4.78, 5) is 33.5. The maximum Gasteiger partial charge on any atom is 0.341 e. The summed E-state index contributed by atoms with van der Waals surface area (Å²) in [5, 5.41) is 13.2. The summed E-state index contributed by atoms with van der Waals surface area (Å²) in [7, 11) is 0. The van der Waals surface area contributed by atoms with Crippen LogP contribution in [0.2, 0.25) is 0 Å². The Kier molecular flexibility index (Phi) is 6.01. The fourth-order valence-electron chi connectivity index (χ4n) is 1.36. The van der Waals surface area contributed by atoms with Crippen LogP contribution < -0.4 is 5.32 Å². The van der Waals surface area contributed by atoms with Gasteiger partial charge < -0.3 is 15.2 Å². The molecule has 1 aromatic heterocycles. The van der Waals surface area contributed by atoms with Gasteiger partial charge in [0.1, 0.15) is 5.00 Å². The molecule has 1 aromatic rings. The van der Waals surface area contributed by atoms with Crippen molar-refractivity contribution in [1.29, 1.82) is 0 Å². The van der Waals surface area contributed by atoms with Crippen LogP contribution in [0.5, 0.6) is 0 Å². The Morgan fingerprint density at radius 2 is 2.11 bits per heavy atom. The van der Waals surface area contributed by atoms with Crippen molar-refractivity contribution < 1.29 is 24.2 Å². The number of thiophene rings is 1. The SMILES string of the molecule is CCOC(=O)c1ccsc1NC(=O)CCCC(=O)O. The van der Waals surface area contributed by atoms with Gasteiger partial charge in [0, 0.05) is 12.8 Å². The average molecular weight is 285 g/mol. The van der Waals surface area contributed by atoms with Crippen molar-refractivity contribution >= 4 is 34.2 Å². The summed E-state index contributed by atoms with van der Waals surface area (Å²) in [5.41, 5.74) is 0.318. The molecule has 7 heteroatoms. The molecule has 0 saturated heterocycles. The summed E-state index contributed by atoms with van der Waals surface area (Å²) in [6.45, 7) is 1.97. The van der Waals surface area contributed by atoms with E-state index in [-0.39, 0.29) is 31.8 Å². The number of carboxylic acid groups (broad SMARTS) is 1. The van der Waals surface area contributed by atoms with Gasteiger partial charge >= 0.3 is 11.9 Å². The second kappa shape index (κ2) is 7.52. The van der Waals surface area contributed by atoms with E-state index in [4.69, 9.17) is 9.84 Å². The van der Waals surface area contributed by atoms with Gasteiger partial charge in [0.15, 0.2) is 0 Å². The molecule has 0 bridgehead atoms. The van der Waals surface area contributed by atoms with Crippen LogP contribution in [0, 0.1) is 0 Å². The molecule has 0 saturated carbocycles. The first-order chi connectivity index (χ1) is 9.04. The fourth-order valence-corrected chi connectivity index (χ4v) is 2.16. The van der Waals surface area contributed by atoms with Gasteiger partial charge in [-0.1, -0.05) is 0 Å². The van der Waals surface area contributed by atoms with E-state index in [2.05, 4.69) is 5.32 Å². The van der Waals surface area contributed by atoms with E-state index in [1.165, 1.54) is 11.3 Å². The van der Waals surface area contributed by atoms with Crippen molar-refractivity contribution in [3.63, 3.8) is 0 Å². The normalized spacial score (nSPS) is 9.95. The van der Waals surface area contributed by atoms with Crippen LogP contribution in [0.4, 0.5) is 5.00 Å². The van der Waals surface area contributed by atoms with Crippen molar-refractivity contribution in [2.24, 2.45) is 0 Å². The molecule has 0 spiro atoms. The van der Waals surface area contributed by atoms with Crippen LogP contribution in [0.15, 0.2) is 11.4 Å². The Hall–Kier alpha value is -1.89. The van der Waals surface area contributed by atoms with Gasteiger partial charge in [0.25, 0.3) is 0 Å². The summed E-state index contributed by atoms with van der Waals surface area (Å²) >= 11 is 1.22. The zero-order chi connectivity index (χ0) is 14.3. The van der Waals surface area contributed by atoms with E-state index in [1.807, 2.05) is 0 Å². The Morgan fingerprint density at radius 3 is 2.74 bits per heavy atom. The Labute approximate surface area is 114 Å². The maximum atomic E-state index is 11.6. The molecule has 0 fully saturated rings. The number of esters is 1. The Morgan fingerprint density at radius 1 is 1.37 bits per heavy atom. The van der Waals surface area contributed by atoms with Crippen LogP contribution in [0.1, 0.15) is 36.5 Å². The lowest BCUT2D eigenvalue weighted by Gasteiger charge is -2.05. The monoisotopic (exact) mass is 285 g/mol. The lowest BCUT2D eigenvalue weighted by atomic mass is 10.2. The highest BCUT2D eigenvalue weighted by atomic mass is 32.1. The molecule has 1 rings (SSSR count). The van der Waals surface area contributed by atoms with Crippen LogP contribution in [0.25, 0.3) is 0 Å². The van der Waals surface area contributed by atoms with Crippen molar-refractivity contribution in [2.45, 2.75) is 26.2 Å². The molecule has 1 amide bonds. The number of anilines is 1. The molecule has 0 aliphatic rings. The zero-order valence-corrected chi connectivity index (χ0v) is 11.3. The van der Waals surface area contributed by atoms with Gasteiger partial charge in [-0.2, -0.15) is 0 Å². The smallest absolute Gasteiger partial charge is 0.341 e. The maximum absolute atomic E-state index is 11.6. The molecule has 0 aliphatic heterocycles. The van der Waals surface area contributed by atoms with Gasteiger partial charge in [-0.15, -0.1) is 11.3 Å². The van der Waals surface area contributed by atoms with Crippen molar-refractivity contribution in [3.05, 3.63) is 17.0 Å². The number of carboxylic acids is 1. The Bertz CT molecular complexity index is 468. The van der Waals surface area contributed by atoms with E-state index < -0.39 is 11.9 Å². The fraction of sp³-hybridized carbons (Fsp3) is 0.417. The second-order valence-corrected chi connectivity index (χ2v) is 4.60. The second-order valence-electron chi connectivity index (χ2n) is 3.68. The van der Waals surface area contributed by atoms with Crippen LogP contribution in [-0.2, 0) is 14.3 Å². The number of aliphatic carboxylic acids is 1. The quantitative estimate of drug-likeness (QED) is 0.748. The van der Waals surface area contributed by atoms with Gasteiger partial charge in [0.2, 0.25) is 5.91 Å². The third-order valence-corrected chi connectivity index (χ3v) is 3.04. The number of hydrogen-bond donors (Lipinski definition) is 2. The highest BCUT2D eigenvalue weighted by Crippen LogP contribution is 2.24. The van der Waals surface area contributed by atoms with Crippen molar-refractivity contribution in [1.82, 2.24) is 0 Å². The molecule has 0 radical (unpaired) electrons. The number of carbonyl (C=O) groups excluding carboxylic acids is 2. The van der Waals surface area contributed by atoms with Gasteiger partial charge in [0.05, 0.1) is 12.2 Å². The van der Waals surface area contributed by atoms with Crippen LogP contribution in [-0.4, -0.2) is 29.6 Å². The summed E-state index contributed by atoms with van der Waals surface area (Å²) in [6.07, 6.45) is 0.316. The molecule has 19 heavy (non-hydrogen) atoms. The lowest BCUT2D eigenvalue weighted by molar-refractivity contribution is -0.137. The first-order valence-corrected chi connectivity index (χ1v) is 6.68. The van der Waals surface area contributed by atoms with E-state index in [0.29, 0.717) is 10.6 Å². The van der Waals surface area contributed by atoms with E-state index in [0.717, 1.165) is 0 Å². The largest absolute Gasteiger partial charge is 0.481 e. The molecule has 104 valence electrons. The molecule has 0 aliphatic carbocycles. The first-order valence-electron chi connectivity index (χ1n) is 5.80. The van der Waals surface area contributed by atoms with Crippen LogP contribution in [0.3, 0.4) is 0 Å². The molecule has 0 atom stereocenters. The molecule has 0 unspecified atom stereocenters. The number of nitrogens with one attached hydrogen (secondary N) is 1. The number of amides is 1. The molecule has 1 heterocycles.